The van der Waals surface area contributed by atoms with Crippen LogP contribution in [0.25, 0.3) is 0 Å². The molecule has 2 amide bonds. The molecule has 0 unspecified atom stereocenters. The third-order valence-corrected chi connectivity index (χ3v) is 2.01. The molecule has 0 heterocycles. The maximum absolute atomic E-state index is 11.2. The minimum atomic E-state index is -0.189. The van der Waals surface area contributed by atoms with Gasteiger partial charge >= 0.3 is 6.03 Å². The number of hydrogen-bond acceptors (Lipinski definition) is 2. The van der Waals surface area contributed by atoms with Gasteiger partial charge in [-0.2, -0.15) is 0 Å². The second-order valence-corrected chi connectivity index (χ2v) is 3.44. The molecule has 0 aliphatic rings. The van der Waals surface area contributed by atoms with Crippen molar-refractivity contribution in [1.82, 2.24) is 10.3 Å². The predicted molar refractivity (Wildman–Crippen MR) is 54.1 cm³/mol. The molecule has 0 aromatic heterocycles. The van der Waals surface area contributed by atoms with Crippen LogP contribution in [0.5, 0.6) is 0 Å². The van der Waals surface area contributed by atoms with Gasteiger partial charge in [0.2, 0.25) is 0 Å². The Bertz CT molecular complexity index is 148. The second-order valence-electron chi connectivity index (χ2n) is 3.44. The minimum Gasteiger partial charge on any atom is -0.321 e. The number of amides is 2. The van der Waals surface area contributed by atoms with Gasteiger partial charge in [-0.3, -0.25) is 5.43 Å². The maximum Gasteiger partial charge on any atom is 0.331 e. The number of rotatable bonds is 5. The summed E-state index contributed by atoms with van der Waals surface area (Å²) in [5.41, 5.74) is 2.16. The summed E-state index contributed by atoms with van der Waals surface area (Å²) in [6.45, 7) is 6.90. The second kappa shape index (κ2) is 6.71. The Hall–Kier alpha value is -0.770. The Morgan fingerprint density at radius 2 is 2.08 bits per heavy atom. The molecule has 0 fully saturated rings. The van der Waals surface area contributed by atoms with Crippen molar-refractivity contribution in [3.63, 3.8) is 0 Å². The number of urea groups is 1. The summed E-state index contributed by atoms with van der Waals surface area (Å²) in [4.78, 5) is 13.0. The summed E-state index contributed by atoms with van der Waals surface area (Å²) in [7, 11) is 0. The van der Waals surface area contributed by atoms with Crippen LogP contribution in [0.1, 0.15) is 40.0 Å². The Labute approximate surface area is 80.4 Å². The number of nitrogens with one attached hydrogen (secondary N) is 1. The molecule has 4 heteroatoms. The van der Waals surface area contributed by atoms with E-state index in [1.807, 2.05) is 13.8 Å². The van der Waals surface area contributed by atoms with E-state index in [0.717, 1.165) is 25.8 Å². The highest BCUT2D eigenvalue weighted by Crippen LogP contribution is 2.03. The zero-order valence-corrected chi connectivity index (χ0v) is 8.84. The number of nitrogens with two attached hydrogens (primary N) is 1. The van der Waals surface area contributed by atoms with Crippen LogP contribution in [-0.4, -0.2) is 23.5 Å². The number of hydrogen-bond donors (Lipinski definition) is 2. The molecule has 4 nitrogen and oxygen atoms in total. The third-order valence-electron chi connectivity index (χ3n) is 2.01. The van der Waals surface area contributed by atoms with Gasteiger partial charge in [-0.1, -0.05) is 19.8 Å². The SMILES string of the molecule is CCCCCN(C(=O)NN)C(C)C. The van der Waals surface area contributed by atoms with Gasteiger partial charge < -0.3 is 4.90 Å². The summed E-state index contributed by atoms with van der Waals surface area (Å²) in [5, 5.41) is 0. The summed E-state index contributed by atoms with van der Waals surface area (Å²) in [6, 6.07) is 0.0199. The van der Waals surface area contributed by atoms with Crippen molar-refractivity contribution < 1.29 is 4.79 Å². The summed E-state index contributed by atoms with van der Waals surface area (Å²) in [5.74, 6) is 5.07. The number of nitrogens with zero attached hydrogens (tertiary/aromatic N) is 1. The monoisotopic (exact) mass is 187 g/mol. The van der Waals surface area contributed by atoms with Crippen molar-refractivity contribution >= 4 is 6.03 Å². The lowest BCUT2D eigenvalue weighted by Crippen LogP contribution is -2.47. The maximum atomic E-state index is 11.2. The van der Waals surface area contributed by atoms with Crippen LogP contribution < -0.4 is 11.3 Å². The summed E-state index contributed by atoms with van der Waals surface area (Å²) in [6.07, 6.45) is 3.36. The van der Waals surface area contributed by atoms with Gasteiger partial charge in [0.25, 0.3) is 0 Å². The third kappa shape index (κ3) is 4.72. The first-order valence-corrected chi connectivity index (χ1v) is 4.90. The van der Waals surface area contributed by atoms with Gasteiger partial charge in [0.05, 0.1) is 0 Å². The molecule has 0 aliphatic carbocycles. The van der Waals surface area contributed by atoms with Crippen molar-refractivity contribution in [2.75, 3.05) is 6.54 Å². The molecule has 0 aromatic carbocycles. The Morgan fingerprint density at radius 3 is 2.46 bits per heavy atom. The van der Waals surface area contributed by atoms with Crippen molar-refractivity contribution in [2.45, 2.75) is 46.1 Å². The lowest BCUT2D eigenvalue weighted by molar-refractivity contribution is 0.182. The van der Waals surface area contributed by atoms with E-state index in [1.54, 1.807) is 4.90 Å². The average Bonchev–Trinajstić information content (AvgIpc) is 2.11. The minimum absolute atomic E-state index is 0.189. The number of unbranched alkanes of at least 4 members (excludes halogenated alkanes) is 2. The number of carbonyl (C=O) groups is 1. The molecule has 0 spiro atoms. The lowest BCUT2D eigenvalue weighted by Gasteiger charge is -2.25. The van der Waals surface area contributed by atoms with E-state index in [2.05, 4.69) is 12.3 Å². The first-order valence-electron chi connectivity index (χ1n) is 4.90. The van der Waals surface area contributed by atoms with E-state index < -0.39 is 0 Å². The van der Waals surface area contributed by atoms with Gasteiger partial charge in [0, 0.05) is 12.6 Å². The standard InChI is InChI=1S/C9H21N3O/c1-4-5-6-7-12(8(2)3)9(13)11-10/h8H,4-7,10H2,1-3H3,(H,11,13). The van der Waals surface area contributed by atoms with E-state index >= 15 is 0 Å². The number of hydrazine groups is 1. The van der Waals surface area contributed by atoms with Crippen LogP contribution in [-0.2, 0) is 0 Å². The van der Waals surface area contributed by atoms with Gasteiger partial charge in [0.1, 0.15) is 0 Å². The average molecular weight is 187 g/mol. The normalized spacial score (nSPS) is 10.2. The molecule has 0 rings (SSSR count). The highest BCUT2D eigenvalue weighted by Gasteiger charge is 2.14. The fourth-order valence-corrected chi connectivity index (χ4v) is 1.21. The molecule has 0 saturated carbocycles. The molecule has 0 saturated heterocycles. The van der Waals surface area contributed by atoms with Gasteiger partial charge in [-0.05, 0) is 20.3 Å². The van der Waals surface area contributed by atoms with Crippen molar-refractivity contribution in [1.29, 1.82) is 0 Å². The lowest BCUT2D eigenvalue weighted by atomic mass is 10.2. The Balaban J connectivity index is 3.88. The molecule has 0 radical (unpaired) electrons. The van der Waals surface area contributed by atoms with Crippen LogP contribution in [0.3, 0.4) is 0 Å². The zero-order chi connectivity index (χ0) is 10.3. The largest absolute Gasteiger partial charge is 0.331 e. The van der Waals surface area contributed by atoms with E-state index in [0.29, 0.717) is 0 Å². The Kier molecular flexibility index (Phi) is 6.32. The van der Waals surface area contributed by atoms with Crippen molar-refractivity contribution in [2.24, 2.45) is 5.84 Å². The fourth-order valence-electron chi connectivity index (χ4n) is 1.21. The summed E-state index contributed by atoms with van der Waals surface area (Å²) >= 11 is 0. The van der Waals surface area contributed by atoms with Gasteiger partial charge in [-0.25, -0.2) is 10.6 Å². The summed E-state index contributed by atoms with van der Waals surface area (Å²) < 4.78 is 0. The van der Waals surface area contributed by atoms with Crippen LogP contribution in [0.4, 0.5) is 4.79 Å². The molecule has 0 aliphatic heterocycles. The topological polar surface area (TPSA) is 58.4 Å². The van der Waals surface area contributed by atoms with Crippen molar-refractivity contribution in [3.8, 4) is 0 Å². The van der Waals surface area contributed by atoms with Gasteiger partial charge in [-0.15, -0.1) is 0 Å². The zero-order valence-electron chi connectivity index (χ0n) is 8.84. The molecule has 0 atom stereocenters. The molecule has 0 bridgehead atoms. The smallest absolute Gasteiger partial charge is 0.321 e. The molecule has 0 aromatic rings. The predicted octanol–water partition coefficient (Wildman–Crippen LogP) is 1.47. The van der Waals surface area contributed by atoms with E-state index in [1.165, 1.54) is 0 Å². The number of carbonyl (C=O) groups excluding carboxylic acids is 1. The van der Waals surface area contributed by atoms with E-state index in [-0.39, 0.29) is 12.1 Å². The molecular weight excluding hydrogens is 166 g/mol. The molecular formula is C9H21N3O. The first kappa shape index (κ1) is 12.2. The van der Waals surface area contributed by atoms with Crippen LogP contribution in [0, 0.1) is 0 Å². The highest BCUT2D eigenvalue weighted by atomic mass is 16.2. The van der Waals surface area contributed by atoms with E-state index in [4.69, 9.17) is 5.84 Å². The molecule has 3 N–H and O–H groups in total. The van der Waals surface area contributed by atoms with Gasteiger partial charge in [0.15, 0.2) is 0 Å². The van der Waals surface area contributed by atoms with Crippen LogP contribution in [0.2, 0.25) is 0 Å². The van der Waals surface area contributed by atoms with E-state index in [9.17, 15) is 4.79 Å². The van der Waals surface area contributed by atoms with Crippen LogP contribution in [0.15, 0.2) is 0 Å². The van der Waals surface area contributed by atoms with Crippen LogP contribution >= 0.6 is 0 Å². The first-order chi connectivity index (χ1) is 6.13. The quantitative estimate of drug-likeness (QED) is 0.296. The molecule has 78 valence electrons. The Morgan fingerprint density at radius 1 is 1.46 bits per heavy atom. The van der Waals surface area contributed by atoms with Crippen molar-refractivity contribution in [3.05, 3.63) is 0 Å². The fraction of sp³-hybridized carbons (Fsp3) is 0.889. The highest BCUT2D eigenvalue weighted by molar-refractivity contribution is 5.73. The molecule has 13 heavy (non-hydrogen) atoms.